The maximum absolute atomic E-state index is 10.9. The van der Waals surface area contributed by atoms with E-state index in [2.05, 4.69) is 0 Å². The van der Waals surface area contributed by atoms with Crippen LogP contribution in [0, 0.1) is 11.8 Å². The van der Waals surface area contributed by atoms with Crippen molar-refractivity contribution in [2.45, 2.75) is 33.1 Å². The molecule has 0 aliphatic rings. The number of primary amides is 1. The smallest absolute Gasteiger partial charge is 0.220 e. The lowest BCUT2D eigenvalue weighted by molar-refractivity contribution is -0.123. The molecule has 0 saturated carbocycles. The Morgan fingerprint density at radius 1 is 1.33 bits per heavy atom. The summed E-state index contributed by atoms with van der Waals surface area (Å²) >= 11 is 0. The topological polar surface area (TPSA) is 69.1 Å². The third kappa shape index (κ3) is 4.34. The van der Waals surface area contributed by atoms with Gasteiger partial charge in [-0.25, -0.2) is 0 Å². The summed E-state index contributed by atoms with van der Waals surface area (Å²) in [6, 6.07) is 0. The summed E-state index contributed by atoms with van der Waals surface area (Å²) in [4.78, 5) is 10.9. The molecule has 0 aromatic carbocycles. The summed E-state index contributed by atoms with van der Waals surface area (Å²) in [5, 5.41) is 0. The minimum Gasteiger partial charge on any atom is -0.369 e. The zero-order valence-corrected chi connectivity index (χ0v) is 8.05. The minimum atomic E-state index is -0.179. The van der Waals surface area contributed by atoms with Gasteiger partial charge in [0, 0.05) is 5.92 Å². The average Bonchev–Trinajstić information content (AvgIpc) is 1.96. The largest absolute Gasteiger partial charge is 0.369 e. The fraction of sp³-hybridized carbons (Fsp3) is 0.889. The summed E-state index contributed by atoms with van der Waals surface area (Å²) < 4.78 is 0. The molecular formula is C9H20N2O. The second-order valence-electron chi connectivity index (χ2n) is 3.54. The molecule has 3 heteroatoms. The summed E-state index contributed by atoms with van der Waals surface area (Å²) in [7, 11) is 0. The SMILES string of the molecule is CC(C)C(CCCCN)C(N)=O. The van der Waals surface area contributed by atoms with Crippen molar-refractivity contribution in [1.82, 2.24) is 0 Å². The van der Waals surface area contributed by atoms with Crippen LogP contribution >= 0.6 is 0 Å². The van der Waals surface area contributed by atoms with Gasteiger partial charge in [0.05, 0.1) is 0 Å². The van der Waals surface area contributed by atoms with Crippen molar-refractivity contribution < 1.29 is 4.79 Å². The highest BCUT2D eigenvalue weighted by Crippen LogP contribution is 2.17. The molecule has 0 fully saturated rings. The van der Waals surface area contributed by atoms with E-state index in [1.165, 1.54) is 0 Å². The van der Waals surface area contributed by atoms with Crippen molar-refractivity contribution in [2.75, 3.05) is 6.54 Å². The highest BCUT2D eigenvalue weighted by Gasteiger charge is 2.18. The van der Waals surface area contributed by atoms with E-state index >= 15 is 0 Å². The Labute approximate surface area is 74.5 Å². The summed E-state index contributed by atoms with van der Waals surface area (Å²) in [5.74, 6) is 0.193. The molecule has 1 amide bonds. The van der Waals surface area contributed by atoms with E-state index in [0.29, 0.717) is 12.5 Å². The van der Waals surface area contributed by atoms with E-state index in [4.69, 9.17) is 11.5 Å². The first kappa shape index (κ1) is 11.4. The van der Waals surface area contributed by atoms with Crippen molar-refractivity contribution in [3.63, 3.8) is 0 Å². The lowest BCUT2D eigenvalue weighted by Gasteiger charge is -2.16. The molecule has 3 nitrogen and oxygen atoms in total. The summed E-state index contributed by atoms with van der Waals surface area (Å²) in [6.45, 7) is 4.75. The molecule has 4 N–H and O–H groups in total. The van der Waals surface area contributed by atoms with Crippen LogP contribution in [0.1, 0.15) is 33.1 Å². The Hall–Kier alpha value is -0.570. The first-order chi connectivity index (χ1) is 5.59. The van der Waals surface area contributed by atoms with Crippen LogP contribution in [0.15, 0.2) is 0 Å². The zero-order valence-electron chi connectivity index (χ0n) is 8.05. The average molecular weight is 172 g/mol. The maximum Gasteiger partial charge on any atom is 0.220 e. The molecule has 0 rings (SSSR count). The fourth-order valence-corrected chi connectivity index (χ4v) is 1.31. The van der Waals surface area contributed by atoms with Crippen molar-refractivity contribution in [3.8, 4) is 0 Å². The van der Waals surface area contributed by atoms with E-state index in [9.17, 15) is 4.79 Å². The third-order valence-corrected chi connectivity index (χ3v) is 2.14. The van der Waals surface area contributed by atoms with Gasteiger partial charge in [0.1, 0.15) is 0 Å². The monoisotopic (exact) mass is 172 g/mol. The van der Waals surface area contributed by atoms with Gasteiger partial charge in [-0.3, -0.25) is 4.79 Å². The van der Waals surface area contributed by atoms with Crippen molar-refractivity contribution in [1.29, 1.82) is 0 Å². The van der Waals surface area contributed by atoms with E-state index in [1.807, 2.05) is 13.8 Å². The molecule has 0 saturated heterocycles. The number of hydrogen-bond donors (Lipinski definition) is 2. The Morgan fingerprint density at radius 3 is 2.25 bits per heavy atom. The molecule has 1 atom stereocenters. The Kier molecular flexibility index (Phi) is 5.72. The van der Waals surface area contributed by atoms with Gasteiger partial charge >= 0.3 is 0 Å². The summed E-state index contributed by atoms with van der Waals surface area (Å²) in [6.07, 6.45) is 2.86. The quantitative estimate of drug-likeness (QED) is 0.584. The summed E-state index contributed by atoms with van der Waals surface area (Å²) in [5.41, 5.74) is 10.6. The van der Waals surface area contributed by atoms with E-state index < -0.39 is 0 Å². The Balaban J connectivity index is 3.72. The van der Waals surface area contributed by atoms with Gasteiger partial charge in [0.15, 0.2) is 0 Å². The van der Waals surface area contributed by atoms with Gasteiger partial charge in [0.25, 0.3) is 0 Å². The number of carbonyl (C=O) groups excluding carboxylic acids is 1. The molecule has 0 heterocycles. The molecule has 0 aliphatic heterocycles. The molecule has 72 valence electrons. The van der Waals surface area contributed by atoms with Crippen LogP contribution in [-0.2, 0) is 4.79 Å². The standard InChI is InChI=1S/C9H20N2O/c1-7(2)8(9(11)12)5-3-4-6-10/h7-8H,3-6,10H2,1-2H3,(H2,11,12). The van der Waals surface area contributed by atoms with Crippen molar-refractivity contribution >= 4 is 5.91 Å². The predicted octanol–water partition coefficient (Wildman–Crippen LogP) is 0.873. The van der Waals surface area contributed by atoms with Gasteiger partial charge in [-0.15, -0.1) is 0 Å². The highest BCUT2D eigenvalue weighted by molar-refractivity contribution is 5.76. The number of unbranched alkanes of at least 4 members (excludes halogenated alkanes) is 1. The minimum absolute atomic E-state index is 0.0246. The van der Waals surface area contributed by atoms with Crippen LogP contribution < -0.4 is 11.5 Å². The molecule has 0 bridgehead atoms. The van der Waals surface area contributed by atoms with Crippen LogP contribution in [0.3, 0.4) is 0 Å². The zero-order chi connectivity index (χ0) is 9.56. The van der Waals surface area contributed by atoms with Crippen LogP contribution in [-0.4, -0.2) is 12.5 Å². The predicted molar refractivity (Wildman–Crippen MR) is 50.4 cm³/mol. The van der Waals surface area contributed by atoms with Crippen LogP contribution in [0.25, 0.3) is 0 Å². The van der Waals surface area contributed by atoms with Gasteiger partial charge in [-0.05, 0) is 25.3 Å². The van der Waals surface area contributed by atoms with E-state index in [0.717, 1.165) is 19.3 Å². The molecule has 0 aliphatic carbocycles. The number of amides is 1. The van der Waals surface area contributed by atoms with Crippen molar-refractivity contribution in [3.05, 3.63) is 0 Å². The number of hydrogen-bond acceptors (Lipinski definition) is 2. The molecule has 0 aromatic heterocycles. The lowest BCUT2D eigenvalue weighted by atomic mass is 9.90. The second kappa shape index (κ2) is 6.00. The van der Waals surface area contributed by atoms with Crippen LogP contribution in [0.5, 0.6) is 0 Å². The normalized spacial score (nSPS) is 13.3. The number of carbonyl (C=O) groups is 1. The molecule has 1 unspecified atom stereocenters. The van der Waals surface area contributed by atoms with Crippen LogP contribution in [0.4, 0.5) is 0 Å². The second-order valence-corrected chi connectivity index (χ2v) is 3.54. The molecule has 0 aromatic rings. The van der Waals surface area contributed by atoms with E-state index in [-0.39, 0.29) is 11.8 Å². The number of nitrogens with two attached hydrogens (primary N) is 2. The molecule has 0 spiro atoms. The van der Waals surface area contributed by atoms with Gasteiger partial charge < -0.3 is 11.5 Å². The molecule has 12 heavy (non-hydrogen) atoms. The van der Waals surface area contributed by atoms with Gasteiger partial charge in [-0.1, -0.05) is 20.3 Å². The number of rotatable bonds is 6. The maximum atomic E-state index is 10.9. The molecular weight excluding hydrogens is 152 g/mol. The first-order valence-corrected chi connectivity index (χ1v) is 4.59. The fourth-order valence-electron chi connectivity index (χ4n) is 1.31. The van der Waals surface area contributed by atoms with Gasteiger partial charge in [0.2, 0.25) is 5.91 Å². The van der Waals surface area contributed by atoms with E-state index in [1.54, 1.807) is 0 Å². The highest BCUT2D eigenvalue weighted by atomic mass is 16.1. The third-order valence-electron chi connectivity index (χ3n) is 2.14. The van der Waals surface area contributed by atoms with Gasteiger partial charge in [-0.2, -0.15) is 0 Å². The Morgan fingerprint density at radius 2 is 1.92 bits per heavy atom. The van der Waals surface area contributed by atoms with Crippen LogP contribution in [0.2, 0.25) is 0 Å². The molecule has 0 radical (unpaired) electrons. The first-order valence-electron chi connectivity index (χ1n) is 4.59. The van der Waals surface area contributed by atoms with Crippen molar-refractivity contribution in [2.24, 2.45) is 23.3 Å². The lowest BCUT2D eigenvalue weighted by Crippen LogP contribution is -2.27. The Bertz CT molecular complexity index is 134.